The summed E-state index contributed by atoms with van der Waals surface area (Å²) in [6.07, 6.45) is 1.62. The number of carbonyl (C=O) groups is 1. The zero-order valence-corrected chi connectivity index (χ0v) is 13.9. The van der Waals surface area contributed by atoms with Gasteiger partial charge >= 0.3 is 6.03 Å². The summed E-state index contributed by atoms with van der Waals surface area (Å²) in [7, 11) is 1.80. The number of aliphatic hydroxyl groups excluding tert-OH is 1. The molecular weight excluding hydrogens is 294 g/mol. The van der Waals surface area contributed by atoms with Crippen molar-refractivity contribution >= 4 is 11.7 Å². The molecule has 0 unspecified atom stereocenters. The van der Waals surface area contributed by atoms with E-state index in [0.29, 0.717) is 11.5 Å². The number of aliphatic hydroxyl groups is 1. The van der Waals surface area contributed by atoms with Crippen LogP contribution in [0.2, 0.25) is 0 Å². The molecule has 0 aliphatic heterocycles. The first kappa shape index (κ1) is 17.0. The Bertz CT molecular complexity index is 675. The van der Waals surface area contributed by atoms with Crippen LogP contribution >= 0.6 is 0 Å². The minimum atomic E-state index is -0.356. The molecule has 0 spiro atoms. The number of carbonyl (C=O) groups excluding carboxylic acids is 1. The van der Waals surface area contributed by atoms with E-state index in [2.05, 4.69) is 20.7 Å². The molecule has 2 amide bonds. The number of nitrogens with one attached hydrogen (secondary N) is 2. The molecule has 0 radical (unpaired) electrons. The summed E-state index contributed by atoms with van der Waals surface area (Å²) < 4.78 is 1.62. The molecule has 1 atom stereocenters. The second-order valence-corrected chi connectivity index (χ2v) is 6.52. The average molecular weight is 317 g/mol. The number of hydrogen-bond donors (Lipinski definition) is 3. The Morgan fingerprint density at radius 2 is 2.13 bits per heavy atom. The molecule has 0 saturated heterocycles. The van der Waals surface area contributed by atoms with E-state index >= 15 is 0 Å². The largest absolute Gasteiger partial charge is 0.394 e. The van der Waals surface area contributed by atoms with Gasteiger partial charge in [-0.2, -0.15) is 5.10 Å². The van der Waals surface area contributed by atoms with Crippen LogP contribution in [-0.4, -0.2) is 38.6 Å². The Morgan fingerprint density at radius 1 is 1.39 bits per heavy atom. The molecule has 0 aliphatic carbocycles. The standard InChI is InChI=1S/C16H23N5O2/c1-16(2,3)13(9-22)19-15(23)18-12-7-5-6-11(8-12)14-17-10-21(4)20-14/h5-8,10,13,22H,9H2,1-4H3,(H2,18,19,23)/t13-/m1/s1. The van der Waals surface area contributed by atoms with Gasteiger partial charge in [0.05, 0.1) is 12.6 Å². The Hall–Kier alpha value is -2.41. The van der Waals surface area contributed by atoms with Crippen LogP contribution in [0.1, 0.15) is 20.8 Å². The number of urea groups is 1. The van der Waals surface area contributed by atoms with Crippen molar-refractivity contribution in [3.05, 3.63) is 30.6 Å². The van der Waals surface area contributed by atoms with E-state index in [9.17, 15) is 9.90 Å². The summed E-state index contributed by atoms with van der Waals surface area (Å²) in [6.45, 7) is 5.76. The van der Waals surface area contributed by atoms with Gasteiger partial charge in [0, 0.05) is 18.3 Å². The molecule has 0 aliphatic rings. The van der Waals surface area contributed by atoms with Gasteiger partial charge in [0.25, 0.3) is 0 Å². The molecule has 2 aromatic rings. The molecule has 2 rings (SSSR count). The molecule has 7 heteroatoms. The van der Waals surface area contributed by atoms with Crippen LogP contribution in [0.15, 0.2) is 30.6 Å². The SMILES string of the molecule is Cn1cnc(-c2cccc(NC(=O)N[C@H](CO)C(C)(C)C)c2)n1. The van der Waals surface area contributed by atoms with E-state index in [4.69, 9.17) is 0 Å². The molecule has 1 aromatic carbocycles. The lowest BCUT2D eigenvalue weighted by molar-refractivity contribution is 0.162. The van der Waals surface area contributed by atoms with E-state index < -0.39 is 0 Å². The molecule has 0 bridgehead atoms. The van der Waals surface area contributed by atoms with Gasteiger partial charge in [-0.3, -0.25) is 4.68 Å². The number of amides is 2. The normalized spacial score (nSPS) is 12.7. The molecule has 23 heavy (non-hydrogen) atoms. The second-order valence-electron chi connectivity index (χ2n) is 6.52. The van der Waals surface area contributed by atoms with Gasteiger partial charge < -0.3 is 15.7 Å². The molecule has 3 N–H and O–H groups in total. The highest BCUT2D eigenvalue weighted by atomic mass is 16.3. The molecule has 7 nitrogen and oxygen atoms in total. The number of benzene rings is 1. The fraction of sp³-hybridized carbons (Fsp3) is 0.438. The maximum absolute atomic E-state index is 12.1. The van der Waals surface area contributed by atoms with Crippen LogP contribution < -0.4 is 10.6 Å². The van der Waals surface area contributed by atoms with E-state index in [-0.39, 0.29) is 24.1 Å². The van der Waals surface area contributed by atoms with Crippen LogP contribution in [0, 0.1) is 5.41 Å². The van der Waals surface area contributed by atoms with Crippen molar-refractivity contribution < 1.29 is 9.90 Å². The van der Waals surface area contributed by atoms with Crippen LogP contribution in [0.4, 0.5) is 10.5 Å². The van der Waals surface area contributed by atoms with Crippen LogP contribution in [-0.2, 0) is 7.05 Å². The van der Waals surface area contributed by atoms with Crippen molar-refractivity contribution in [1.29, 1.82) is 0 Å². The van der Waals surface area contributed by atoms with Gasteiger partial charge in [-0.15, -0.1) is 0 Å². The van der Waals surface area contributed by atoms with Crippen molar-refractivity contribution in [3.63, 3.8) is 0 Å². The maximum Gasteiger partial charge on any atom is 0.319 e. The minimum Gasteiger partial charge on any atom is -0.394 e. The zero-order chi connectivity index (χ0) is 17.0. The third-order valence-corrected chi connectivity index (χ3v) is 3.51. The third-order valence-electron chi connectivity index (χ3n) is 3.51. The molecule has 0 saturated carbocycles. The summed E-state index contributed by atoms with van der Waals surface area (Å²) in [4.78, 5) is 16.3. The van der Waals surface area contributed by atoms with Gasteiger partial charge in [-0.25, -0.2) is 9.78 Å². The number of hydrogen-bond acceptors (Lipinski definition) is 4. The van der Waals surface area contributed by atoms with Gasteiger partial charge in [-0.1, -0.05) is 32.9 Å². The lowest BCUT2D eigenvalue weighted by atomic mass is 9.87. The number of nitrogens with zero attached hydrogens (tertiary/aromatic N) is 3. The highest BCUT2D eigenvalue weighted by molar-refractivity contribution is 5.90. The topological polar surface area (TPSA) is 92.1 Å². The van der Waals surface area contributed by atoms with Gasteiger partial charge in [0.2, 0.25) is 0 Å². The lowest BCUT2D eigenvalue weighted by Crippen LogP contribution is -2.47. The summed E-state index contributed by atoms with van der Waals surface area (Å²) >= 11 is 0. The molecular formula is C16H23N5O2. The average Bonchev–Trinajstić information content (AvgIpc) is 2.90. The highest BCUT2D eigenvalue weighted by Gasteiger charge is 2.25. The van der Waals surface area contributed by atoms with Gasteiger partial charge in [-0.05, 0) is 17.5 Å². The minimum absolute atomic E-state index is 0.116. The number of anilines is 1. The first-order chi connectivity index (χ1) is 10.8. The van der Waals surface area contributed by atoms with Crippen LogP contribution in [0.25, 0.3) is 11.4 Å². The molecule has 1 heterocycles. The quantitative estimate of drug-likeness (QED) is 0.804. The Balaban J connectivity index is 2.07. The first-order valence-electron chi connectivity index (χ1n) is 7.44. The molecule has 0 fully saturated rings. The van der Waals surface area contributed by atoms with E-state index in [0.717, 1.165) is 5.56 Å². The van der Waals surface area contributed by atoms with E-state index in [1.54, 1.807) is 30.2 Å². The summed E-state index contributed by atoms with van der Waals surface area (Å²) in [5.74, 6) is 0.597. The Labute approximate surface area is 135 Å². The van der Waals surface area contributed by atoms with E-state index in [1.807, 2.05) is 32.9 Å². The van der Waals surface area contributed by atoms with Crippen molar-refractivity contribution in [2.45, 2.75) is 26.8 Å². The van der Waals surface area contributed by atoms with Crippen molar-refractivity contribution in [2.75, 3.05) is 11.9 Å². The maximum atomic E-state index is 12.1. The summed E-state index contributed by atoms with van der Waals surface area (Å²) in [5.41, 5.74) is 1.22. The van der Waals surface area contributed by atoms with Crippen molar-refractivity contribution in [3.8, 4) is 11.4 Å². The molecule has 124 valence electrons. The fourth-order valence-electron chi connectivity index (χ4n) is 2.07. The van der Waals surface area contributed by atoms with Gasteiger partial charge in [0.1, 0.15) is 6.33 Å². The fourth-order valence-corrected chi connectivity index (χ4v) is 2.07. The monoisotopic (exact) mass is 317 g/mol. The van der Waals surface area contributed by atoms with Gasteiger partial charge in [0.15, 0.2) is 5.82 Å². The predicted octanol–water partition coefficient (Wildman–Crippen LogP) is 2.01. The van der Waals surface area contributed by atoms with Crippen molar-refractivity contribution in [1.82, 2.24) is 20.1 Å². The van der Waals surface area contributed by atoms with Crippen LogP contribution in [0.5, 0.6) is 0 Å². The summed E-state index contributed by atoms with van der Waals surface area (Å²) in [6, 6.07) is 6.61. The number of aromatic nitrogens is 3. The molecule has 1 aromatic heterocycles. The number of rotatable bonds is 4. The Kier molecular flexibility index (Phi) is 5.00. The smallest absolute Gasteiger partial charge is 0.319 e. The predicted molar refractivity (Wildman–Crippen MR) is 88.9 cm³/mol. The van der Waals surface area contributed by atoms with Crippen molar-refractivity contribution in [2.24, 2.45) is 12.5 Å². The van der Waals surface area contributed by atoms with Crippen LogP contribution in [0.3, 0.4) is 0 Å². The Morgan fingerprint density at radius 3 is 2.70 bits per heavy atom. The lowest BCUT2D eigenvalue weighted by Gasteiger charge is -2.29. The number of aryl methyl sites for hydroxylation is 1. The zero-order valence-electron chi connectivity index (χ0n) is 13.9. The first-order valence-corrected chi connectivity index (χ1v) is 7.44. The van der Waals surface area contributed by atoms with E-state index in [1.165, 1.54) is 0 Å². The third kappa shape index (κ3) is 4.53. The highest BCUT2D eigenvalue weighted by Crippen LogP contribution is 2.20. The second kappa shape index (κ2) is 6.78. The summed E-state index contributed by atoms with van der Waals surface area (Å²) in [5, 5.41) is 19.2.